The molecule has 2 rings (SSSR count). The van der Waals surface area contributed by atoms with Gasteiger partial charge in [0.2, 0.25) is 10.0 Å². The molecule has 8 heteroatoms. The number of carbonyl (C=O) groups is 1. The number of rotatable bonds is 3. The van der Waals surface area contributed by atoms with Gasteiger partial charge in [0.25, 0.3) is 0 Å². The fraction of sp³-hybridized carbons (Fsp3) is 0.600. The van der Waals surface area contributed by atoms with Crippen LogP contribution in [0.15, 0.2) is 17.3 Å². The molecule has 0 saturated carbocycles. The van der Waals surface area contributed by atoms with Crippen LogP contribution in [0.1, 0.15) is 6.42 Å². The maximum Gasteiger partial charge on any atom is 0.310 e. The second-order valence-corrected chi connectivity index (χ2v) is 6.16. The van der Waals surface area contributed by atoms with Crippen molar-refractivity contribution in [1.29, 1.82) is 0 Å². The van der Waals surface area contributed by atoms with Crippen LogP contribution in [-0.2, 0) is 26.6 Å². The van der Waals surface area contributed by atoms with Crippen molar-refractivity contribution in [3.05, 3.63) is 12.4 Å². The highest BCUT2D eigenvalue weighted by molar-refractivity contribution is 7.89. The van der Waals surface area contributed by atoms with E-state index in [9.17, 15) is 13.2 Å². The van der Waals surface area contributed by atoms with Crippen molar-refractivity contribution in [2.75, 3.05) is 20.2 Å². The Kier molecular flexibility index (Phi) is 3.40. The Hall–Kier alpha value is -1.41. The summed E-state index contributed by atoms with van der Waals surface area (Å²) in [6.07, 6.45) is 3.24. The van der Waals surface area contributed by atoms with E-state index in [0.29, 0.717) is 13.0 Å². The van der Waals surface area contributed by atoms with Crippen LogP contribution in [0, 0.1) is 5.92 Å². The molecule has 0 aromatic carbocycles. The van der Waals surface area contributed by atoms with Crippen LogP contribution in [0.4, 0.5) is 0 Å². The molecule has 1 aliphatic rings. The molecule has 1 aromatic heterocycles. The van der Waals surface area contributed by atoms with Gasteiger partial charge < -0.3 is 4.74 Å². The van der Waals surface area contributed by atoms with Crippen molar-refractivity contribution in [3.63, 3.8) is 0 Å². The van der Waals surface area contributed by atoms with Gasteiger partial charge in [-0.3, -0.25) is 9.48 Å². The number of nitrogens with zero attached hydrogens (tertiary/aromatic N) is 3. The standard InChI is InChI=1S/C10H15N3O4S/c1-12-7-9(5-11-12)18(15,16)13-4-3-8(6-13)10(14)17-2/h5,7-8H,3-4,6H2,1-2H3. The summed E-state index contributed by atoms with van der Waals surface area (Å²) in [5.74, 6) is -0.736. The predicted molar refractivity (Wildman–Crippen MR) is 62.1 cm³/mol. The number of carbonyl (C=O) groups excluding carboxylic acids is 1. The first-order valence-corrected chi connectivity index (χ1v) is 6.96. The second kappa shape index (κ2) is 4.69. The highest BCUT2D eigenvalue weighted by atomic mass is 32.2. The molecule has 1 saturated heterocycles. The zero-order chi connectivity index (χ0) is 13.3. The lowest BCUT2D eigenvalue weighted by atomic mass is 10.1. The van der Waals surface area contributed by atoms with Crippen LogP contribution < -0.4 is 0 Å². The largest absolute Gasteiger partial charge is 0.469 e. The number of aryl methyl sites for hydroxylation is 1. The molecule has 1 atom stereocenters. The fourth-order valence-corrected chi connectivity index (χ4v) is 3.47. The average Bonchev–Trinajstić information content (AvgIpc) is 2.96. The van der Waals surface area contributed by atoms with Crippen LogP contribution in [0.2, 0.25) is 0 Å². The molecule has 0 aliphatic carbocycles. The maximum absolute atomic E-state index is 12.2. The smallest absolute Gasteiger partial charge is 0.310 e. The van der Waals surface area contributed by atoms with Crippen molar-refractivity contribution < 1.29 is 17.9 Å². The Morgan fingerprint density at radius 1 is 1.56 bits per heavy atom. The molecular formula is C10H15N3O4S. The second-order valence-electron chi connectivity index (χ2n) is 4.22. The normalized spacial score (nSPS) is 21.1. The lowest BCUT2D eigenvalue weighted by Crippen LogP contribution is -2.30. The van der Waals surface area contributed by atoms with Crippen LogP contribution >= 0.6 is 0 Å². The van der Waals surface area contributed by atoms with Crippen molar-refractivity contribution >= 4 is 16.0 Å². The summed E-state index contributed by atoms with van der Waals surface area (Å²) in [4.78, 5) is 11.5. The Bertz CT molecular complexity index is 551. The monoisotopic (exact) mass is 273 g/mol. The van der Waals surface area contributed by atoms with Gasteiger partial charge in [0, 0.05) is 26.3 Å². The number of sulfonamides is 1. The molecule has 18 heavy (non-hydrogen) atoms. The van der Waals surface area contributed by atoms with Gasteiger partial charge in [-0.2, -0.15) is 9.40 Å². The summed E-state index contributed by atoms with van der Waals surface area (Å²) < 4.78 is 31.8. The summed E-state index contributed by atoms with van der Waals surface area (Å²) >= 11 is 0. The summed E-state index contributed by atoms with van der Waals surface area (Å²) in [6, 6.07) is 0. The molecule has 1 aliphatic heterocycles. The van der Waals surface area contributed by atoms with Crippen LogP contribution in [-0.4, -0.2) is 48.7 Å². The third-order valence-corrected chi connectivity index (χ3v) is 4.82. The first kappa shape index (κ1) is 13.0. The molecule has 0 spiro atoms. The molecule has 0 amide bonds. The van der Waals surface area contributed by atoms with E-state index >= 15 is 0 Å². The molecular weight excluding hydrogens is 258 g/mol. The summed E-state index contributed by atoms with van der Waals surface area (Å²) in [5, 5.41) is 3.84. The highest BCUT2D eigenvalue weighted by Crippen LogP contribution is 2.24. The number of aromatic nitrogens is 2. The minimum Gasteiger partial charge on any atom is -0.469 e. The molecule has 0 bridgehead atoms. The topological polar surface area (TPSA) is 81.5 Å². The van der Waals surface area contributed by atoms with Gasteiger partial charge in [0.05, 0.1) is 19.2 Å². The van der Waals surface area contributed by atoms with Gasteiger partial charge in [-0.15, -0.1) is 0 Å². The Morgan fingerprint density at radius 3 is 2.83 bits per heavy atom. The van der Waals surface area contributed by atoms with E-state index in [1.807, 2.05) is 0 Å². The minimum atomic E-state index is -3.55. The fourth-order valence-electron chi connectivity index (χ4n) is 1.99. The minimum absolute atomic E-state index is 0.149. The summed E-state index contributed by atoms with van der Waals surface area (Å²) in [7, 11) is -0.591. The first-order valence-electron chi connectivity index (χ1n) is 5.52. The Morgan fingerprint density at radius 2 is 2.28 bits per heavy atom. The predicted octanol–water partition coefficient (Wildman–Crippen LogP) is -0.396. The van der Waals surface area contributed by atoms with Crippen LogP contribution in [0.3, 0.4) is 0 Å². The van der Waals surface area contributed by atoms with Crippen LogP contribution in [0.25, 0.3) is 0 Å². The third kappa shape index (κ3) is 2.25. The lowest BCUT2D eigenvalue weighted by Gasteiger charge is -2.14. The van der Waals surface area contributed by atoms with E-state index in [1.165, 1.54) is 28.5 Å². The van der Waals surface area contributed by atoms with E-state index < -0.39 is 10.0 Å². The quantitative estimate of drug-likeness (QED) is 0.700. The van der Waals surface area contributed by atoms with Gasteiger partial charge in [0.15, 0.2) is 0 Å². The maximum atomic E-state index is 12.2. The van der Waals surface area contributed by atoms with E-state index in [0.717, 1.165) is 0 Å². The van der Waals surface area contributed by atoms with Gasteiger partial charge in [-0.1, -0.05) is 0 Å². The van der Waals surface area contributed by atoms with Crippen molar-refractivity contribution in [1.82, 2.24) is 14.1 Å². The molecule has 2 heterocycles. The molecule has 100 valence electrons. The zero-order valence-electron chi connectivity index (χ0n) is 10.2. The Labute approximate surface area is 105 Å². The van der Waals surface area contributed by atoms with E-state index in [-0.39, 0.29) is 23.3 Å². The van der Waals surface area contributed by atoms with Gasteiger partial charge >= 0.3 is 5.97 Å². The van der Waals surface area contributed by atoms with Crippen molar-refractivity contribution in [2.24, 2.45) is 13.0 Å². The first-order chi connectivity index (χ1) is 8.45. The molecule has 1 unspecified atom stereocenters. The SMILES string of the molecule is COC(=O)C1CCN(S(=O)(=O)c2cnn(C)c2)C1. The highest BCUT2D eigenvalue weighted by Gasteiger charge is 2.36. The number of ether oxygens (including phenoxy) is 1. The van der Waals surface area contributed by atoms with E-state index in [2.05, 4.69) is 9.84 Å². The molecule has 1 aromatic rings. The van der Waals surface area contributed by atoms with E-state index in [4.69, 9.17) is 0 Å². The molecule has 0 N–H and O–H groups in total. The summed E-state index contributed by atoms with van der Waals surface area (Å²) in [5.41, 5.74) is 0. The van der Waals surface area contributed by atoms with Crippen molar-refractivity contribution in [2.45, 2.75) is 11.3 Å². The zero-order valence-corrected chi connectivity index (χ0v) is 11.1. The summed E-state index contributed by atoms with van der Waals surface area (Å²) in [6.45, 7) is 0.501. The third-order valence-electron chi connectivity index (χ3n) is 3.00. The molecule has 7 nitrogen and oxygen atoms in total. The number of methoxy groups -OCH3 is 1. The van der Waals surface area contributed by atoms with Gasteiger partial charge in [-0.05, 0) is 6.42 Å². The number of esters is 1. The molecule has 0 radical (unpaired) electrons. The van der Waals surface area contributed by atoms with Crippen LogP contribution in [0.5, 0.6) is 0 Å². The number of hydrogen-bond donors (Lipinski definition) is 0. The van der Waals surface area contributed by atoms with Crippen molar-refractivity contribution in [3.8, 4) is 0 Å². The lowest BCUT2D eigenvalue weighted by molar-refractivity contribution is -0.144. The van der Waals surface area contributed by atoms with Gasteiger partial charge in [0.1, 0.15) is 4.90 Å². The van der Waals surface area contributed by atoms with E-state index in [1.54, 1.807) is 7.05 Å². The van der Waals surface area contributed by atoms with Gasteiger partial charge in [-0.25, -0.2) is 8.42 Å². The number of hydrogen-bond acceptors (Lipinski definition) is 5. The molecule has 1 fully saturated rings. The Balaban J connectivity index is 2.16. The average molecular weight is 273 g/mol.